The van der Waals surface area contributed by atoms with Crippen molar-refractivity contribution in [3.63, 3.8) is 0 Å². The van der Waals surface area contributed by atoms with Crippen LogP contribution in [0.5, 0.6) is 5.75 Å². The van der Waals surface area contributed by atoms with Gasteiger partial charge in [0.25, 0.3) is 0 Å². The molecule has 1 aliphatic rings. The Balaban J connectivity index is 1.88. The number of amides is 1. The standard InChI is InChI=1S/C17H25BrN2O3/c1-13(23-15-6-4-3-5-14(15)18)11-20-16(21)17(12-22-2)7-9-19-10-8-17/h3-6,13,19H,7-12H2,1-2H3,(H,20,21). The molecule has 1 aliphatic heterocycles. The highest BCUT2D eigenvalue weighted by Gasteiger charge is 2.39. The Bertz CT molecular complexity index is 513. The van der Waals surface area contributed by atoms with E-state index in [1.807, 2.05) is 31.2 Å². The van der Waals surface area contributed by atoms with E-state index >= 15 is 0 Å². The van der Waals surface area contributed by atoms with Crippen molar-refractivity contribution >= 4 is 21.8 Å². The van der Waals surface area contributed by atoms with Gasteiger partial charge in [-0.05, 0) is 60.9 Å². The van der Waals surface area contributed by atoms with Crippen LogP contribution in [0, 0.1) is 5.41 Å². The van der Waals surface area contributed by atoms with Gasteiger partial charge in [0.1, 0.15) is 11.9 Å². The van der Waals surface area contributed by atoms with E-state index in [1.54, 1.807) is 7.11 Å². The summed E-state index contributed by atoms with van der Waals surface area (Å²) >= 11 is 3.46. The van der Waals surface area contributed by atoms with Gasteiger partial charge in [0.2, 0.25) is 5.91 Å². The third-order valence-electron chi connectivity index (χ3n) is 4.18. The maximum Gasteiger partial charge on any atom is 0.228 e. The number of halogens is 1. The molecule has 1 aromatic carbocycles. The molecule has 0 spiro atoms. The predicted molar refractivity (Wildman–Crippen MR) is 93.7 cm³/mol. The first-order chi connectivity index (χ1) is 11.1. The molecule has 6 heteroatoms. The van der Waals surface area contributed by atoms with Crippen molar-refractivity contribution in [1.82, 2.24) is 10.6 Å². The summed E-state index contributed by atoms with van der Waals surface area (Å²) in [6.07, 6.45) is 1.48. The number of hydrogen-bond acceptors (Lipinski definition) is 4. The number of methoxy groups -OCH3 is 1. The lowest BCUT2D eigenvalue weighted by Crippen LogP contribution is -2.51. The lowest BCUT2D eigenvalue weighted by atomic mass is 9.78. The van der Waals surface area contributed by atoms with Crippen molar-refractivity contribution in [2.75, 3.05) is 33.4 Å². The van der Waals surface area contributed by atoms with Gasteiger partial charge in [0.15, 0.2) is 0 Å². The fraction of sp³-hybridized carbons (Fsp3) is 0.588. The highest BCUT2D eigenvalue weighted by Crippen LogP contribution is 2.29. The molecule has 0 aliphatic carbocycles. The predicted octanol–water partition coefficient (Wildman–Crippen LogP) is 2.35. The van der Waals surface area contributed by atoms with Gasteiger partial charge in [-0.15, -0.1) is 0 Å². The first-order valence-corrected chi connectivity index (χ1v) is 8.76. The fourth-order valence-corrected chi connectivity index (χ4v) is 3.22. The van der Waals surface area contributed by atoms with Gasteiger partial charge in [-0.3, -0.25) is 4.79 Å². The number of benzene rings is 1. The van der Waals surface area contributed by atoms with Gasteiger partial charge < -0.3 is 20.1 Å². The SMILES string of the molecule is COCC1(C(=O)NCC(C)Oc2ccccc2Br)CCNCC1. The highest BCUT2D eigenvalue weighted by molar-refractivity contribution is 9.10. The summed E-state index contributed by atoms with van der Waals surface area (Å²) in [7, 11) is 1.65. The molecule has 5 nitrogen and oxygen atoms in total. The zero-order valence-corrected chi connectivity index (χ0v) is 15.3. The van der Waals surface area contributed by atoms with Crippen LogP contribution < -0.4 is 15.4 Å². The average Bonchev–Trinajstić information content (AvgIpc) is 2.56. The van der Waals surface area contributed by atoms with E-state index in [4.69, 9.17) is 9.47 Å². The van der Waals surface area contributed by atoms with E-state index in [1.165, 1.54) is 0 Å². The number of carbonyl (C=O) groups excluding carboxylic acids is 1. The first-order valence-electron chi connectivity index (χ1n) is 7.96. The van der Waals surface area contributed by atoms with Crippen LogP contribution in [0.3, 0.4) is 0 Å². The monoisotopic (exact) mass is 384 g/mol. The average molecular weight is 385 g/mol. The van der Waals surface area contributed by atoms with Gasteiger partial charge in [-0.1, -0.05) is 12.1 Å². The quantitative estimate of drug-likeness (QED) is 0.757. The lowest BCUT2D eigenvalue weighted by molar-refractivity contribution is -0.136. The van der Waals surface area contributed by atoms with Crippen molar-refractivity contribution in [2.24, 2.45) is 5.41 Å². The molecule has 0 bridgehead atoms. The van der Waals surface area contributed by atoms with Gasteiger partial charge in [0.05, 0.1) is 23.0 Å². The molecule has 1 heterocycles. The van der Waals surface area contributed by atoms with E-state index in [0.717, 1.165) is 36.2 Å². The lowest BCUT2D eigenvalue weighted by Gasteiger charge is -2.35. The number of ether oxygens (including phenoxy) is 2. The topological polar surface area (TPSA) is 59.6 Å². The molecule has 1 unspecified atom stereocenters. The third-order valence-corrected chi connectivity index (χ3v) is 4.83. The van der Waals surface area contributed by atoms with E-state index < -0.39 is 5.41 Å². The molecule has 128 valence electrons. The molecule has 23 heavy (non-hydrogen) atoms. The number of para-hydroxylation sites is 1. The van der Waals surface area contributed by atoms with Crippen molar-refractivity contribution in [3.05, 3.63) is 28.7 Å². The second-order valence-electron chi connectivity index (χ2n) is 6.03. The molecule has 1 fully saturated rings. The molecular formula is C17H25BrN2O3. The molecule has 2 N–H and O–H groups in total. The Morgan fingerprint density at radius 1 is 1.39 bits per heavy atom. The smallest absolute Gasteiger partial charge is 0.228 e. The summed E-state index contributed by atoms with van der Waals surface area (Å²) in [5.41, 5.74) is -0.424. The minimum atomic E-state index is -0.424. The summed E-state index contributed by atoms with van der Waals surface area (Å²) in [5, 5.41) is 6.32. The molecule has 1 atom stereocenters. The Morgan fingerprint density at radius 3 is 2.74 bits per heavy atom. The number of piperidine rings is 1. The summed E-state index contributed by atoms with van der Waals surface area (Å²) in [6, 6.07) is 7.70. The van der Waals surface area contributed by atoms with Crippen LogP contribution in [0.1, 0.15) is 19.8 Å². The zero-order chi connectivity index (χ0) is 16.7. The second-order valence-corrected chi connectivity index (χ2v) is 6.89. The van der Waals surface area contributed by atoms with Crippen LogP contribution in [0.4, 0.5) is 0 Å². The molecule has 0 saturated carbocycles. The molecule has 1 saturated heterocycles. The normalized spacial score (nSPS) is 18.2. The Labute approximate surface area is 146 Å². The number of rotatable bonds is 7. The Kier molecular flexibility index (Phi) is 6.87. The van der Waals surface area contributed by atoms with Crippen molar-refractivity contribution in [3.8, 4) is 5.75 Å². The molecule has 1 amide bonds. The summed E-state index contributed by atoms with van der Waals surface area (Å²) in [6.45, 7) is 4.57. The van der Waals surface area contributed by atoms with E-state index in [2.05, 4.69) is 26.6 Å². The zero-order valence-electron chi connectivity index (χ0n) is 13.7. The molecule has 1 aromatic rings. The van der Waals surface area contributed by atoms with Gasteiger partial charge >= 0.3 is 0 Å². The minimum Gasteiger partial charge on any atom is -0.488 e. The number of hydrogen-bond donors (Lipinski definition) is 2. The fourth-order valence-electron chi connectivity index (χ4n) is 2.84. The van der Waals surface area contributed by atoms with E-state index in [0.29, 0.717) is 13.2 Å². The van der Waals surface area contributed by atoms with Crippen LogP contribution in [-0.4, -0.2) is 45.4 Å². The summed E-state index contributed by atoms with van der Waals surface area (Å²) in [4.78, 5) is 12.7. The molecule has 0 radical (unpaired) electrons. The van der Waals surface area contributed by atoms with Crippen molar-refractivity contribution < 1.29 is 14.3 Å². The van der Waals surface area contributed by atoms with E-state index in [9.17, 15) is 4.79 Å². The number of carbonyl (C=O) groups is 1. The van der Waals surface area contributed by atoms with E-state index in [-0.39, 0.29) is 12.0 Å². The minimum absolute atomic E-state index is 0.0587. The number of nitrogens with one attached hydrogen (secondary N) is 2. The van der Waals surface area contributed by atoms with Crippen LogP contribution in [0.2, 0.25) is 0 Å². The summed E-state index contributed by atoms with van der Waals surface area (Å²) in [5.74, 6) is 0.839. The maximum atomic E-state index is 12.7. The van der Waals surface area contributed by atoms with Crippen LogP contribution in [-0.2, 0) is 9.53 Å². The Hall–Kier alpha value is -1.11. The molecule has 0 aromatic heterocycles. The van der Waals surface area contributed by atoms with Crippen molar-refractivity contribution in [2.45, 2.75) is 25.9 Å². The second kappa shape index (κ2) is 8.66. The third kappa shape index (κ3) is 4.93. The Morgan fingerprint density at radius 2 is 2.09 bits per heavy atom. The van der Waals surface area contributed by atoms with Crippen molar-refractivity contribution in [1.29, 1.82) is 0 Å². The van der Waals surface area contributed by atoms with Crippen LogP contribution >= 0.6 is 15.9 Å². The summed E-state index contributed by atoms with van der Waals surface area (Å²) < 4.78 is 12.1. The van der Waals surface area contributed by atoms with Gasteiger partial charge in [0, 0.05) is 7.11 Å². The highest BCUT2D eigenvalue weighted by atomic mass is 79.9. The largest absolute Gasteiger partial charge is 0.488 e. The molecule has 2 rings (SSSR count). The first kappa shape index (κ1) is 18.2. The van der Waals surface area contributed by atoms with Gasteiger partial charge in [-0.25, -0.2) is 0 Å². The van der Waals surface area contributed by atoms with Crippen LogP contribution in [0.15, 0.2) is 28.7 Å². The van der Waals surface area contributed by atoms with Gasteiger partial charge in [-0.2, -0.15) is 0 Å². The van der Waals surface area contributed by atoms with Crippen LogP contribution in [0.25, 0.3) is 0 Å². The molecular weight excluding hydrogens is 360 g/mol. The maximum absolute atomic E-state index is 12.7.